The van der Waals surface area contributed by atoms with E-state index in [1.165, 1.54) is 4.90 Å². The summed E-state index contributed by atoms with van der Waals surface area (Å²) in [7, 11) is 0. The number of rotatable bonds is 5. The molecule has 0 saturated heterocycles. The highest BCUT2D eigenvalue weighted by atomic mass is 35.5. The number of ether oxygens (including phenoxy) is 1. The smallest absolute Gasteiger partial charge is 0.268 e. The van der Waals surface area contributed by atoms with Gasteiger partial charge in [-0.15, -0.1) is 11.8 Å². The van der Waals surface area contributed by atoms with Crippen LogP contribution in [0.2, 0.25) is 5.02 Å². The molecule has 1 unspecified atom stereocenters. The number of carbonyl (C=O) groups is 1. The Labute approximate surface area is 167 Å². The second kappa shape index (κ2) is 7.49. The van der Waals surface area contributed by atoms with Crippen LogP contribution in [0.15, 0.2) is 47.4 Å². The van der Waals surface area contributed by atoms with Crippen molar-refractivity contribution in [2.75, 3.05) is 6.26 Å². The predicted molar refractivity (Wildman–Crippen MR) is 111 cm³/mol. The highest BCUT2D eigenvalue weighted by Crippen LogP contribution is 2.38. The average molecular weight is 401 g/mol. The van der Waals surface area contributed by atoms with Crippen molar-refractivity contribution in [3.8, 4) is 5.75 Å². The van der Waals surface area contributed by atoms with Gasteiger partial charge in [0.15, 0.2) is 0 Å². The van der Waals surface area contributed by atoms with E-state index in [-0.39, 0.29) is 12.0 Å². The van der Waals surface area contributed by atoms with Gasteiger partial charge in [-0.1, -0.05) is 30.7 Å². The normalized spacial score (nSPS) is 15.6. The molecular formula is C21H21ClN2O2S. The standard InChI is InChI=1S/C21H21ClN2O2S/c1-3-14-12-24-18(10-16-17(22)8-9-19(26-14)20(16)24)21(25)23-11-13-4-6-15(27-2)7-5-13/h4-10,14H,3,11-12H2,1-2H3,(H,23,25). The first-order valence-corrected chi connectivity index (χ1v) is 10.6. The fourth-order valence-electron chi connectivity index (χ4n) is 3.44. The zero-order valence-electron chi connectivity index (χ0n) is 15.3. The van der Waals surface area contributed by atoms with Crippen LogP contribution >= 0.6 is 23.4 Å². The van der Waals surface area contributed by atoms with E-state index in [0.717, 1.165) is 28.6 Å². The lowest BCUT2D eigenvalue weighted by Crippen LogP contribution is -2.31. The number of hydrogen-bond donors (Lipinski definition) is 1. The topological polar surface area (TPSA) is 43.3 Å². The van der Waals surface area contributed by atoms with Gasteiger partial charge >= 0.3 is 0 Å². The van der Waals surface area contributed by atoms with Crippen LogP contribution in [0.5, 0.6) is 5.75 Å². The van der Waals surface area contributed by atoms with Crippen LogP contribution < -0.4 is 10.1 Å². The molecular weight excluding hydrogens is 380 g/mol. The number of benzene rings is 2. The molecule has 0 bridgehead atoms. The lowest BCUT2D eigenvalue weighted by molar-refractivity contribution is 0.0935. The molecule has 0 fully saturated rings. The van der Waals surface area contributed by atoms with Gasteiger partial charge in [-0.25, -0.2) is 0 Å². The second-order valence-corrected chi connectivity index (χ2v) is 7.91. The Morgan fingerprint density at radius 1 is 1.30 bits per heavy atom. The van der Waals surface area contributed by atoms with Gasteiger partial charge in [-0.2, -0.15) is 0 Å². The summed E-state index contributed by atoms with van der Waals surface area (Å²) in [6, 6.07) is 13.8. The number of nitrogens with zero attached hydrogens (tertiary/aromatic N) is 1. The summed E-state index contributed by atoms with van der Waals surface area (Å²) in [5, 5.41) is 4.53. The first-order valence-electron chi connectivity index (χ1n) is 9.00. The van der Waals surface area contributed by atoms with Crippen molar-refractivity contribution < 1.29 is 9.53 Å². The number of thioether (sulfide) groups is 1. The molecule has 1 aromatic heterocycles. The fraction of sp³-hybridized carbons (Fsp3) is 0.286. The summed E-state index contributed by atoms with van der Waals surface area (Å²) in [4.78, 5) is 14.1. The lowest BCUT2D eigenvalue weighted by Gasteiger charge is -2.26. The van der Waals surface area contributed by atoms with Gasteiger partial charge in [0, 0.05) is 16.8 Å². The van der Waals surface area contributed by atoms with E-state index in [2.05, 4.69) is 24.4 Å². The van der Waals surface area contributed by atoms with Crippen molar-refractivity contribution in [3.05, 3.63) is 58.7 Å². The van der Waals surface area contributed by atoms with E-state index in [9.17, 15) is 4.79 Å². The number of aromatic nitrogens is 1. The third-order valence-electron chi connectivity index (χ3n) is 4.95. The number of halogens is 1. The molecule has 27 heavy (non-hydrogen) atoms. The third kappa shape index (κ3) is 3.42. The number of hydrogen-bond acceptors (Lipinski definition) is 3. The first-order chi connectivity index (χ1) is 13.1. The maximum absolute atomic E-state index is 12.9. The SMILES string of the molecule is CCC1Cn2c(C(=O)NCc3ccc(SC)cc3)cc3c(Cl)ccc(c32)O1. The van der Waals surface area contributed by atoms with Crippen molar-refractivity contribution in [2.24, 2.45) is 0 Å². The molecule has 140 valence electrons. The molecule has 0 saturated carbocycles. The molecule has 1 atom stereocenters. The summed E-state index contributed by atoms with van der Waals surface area (Å²) in [5.74, 6) is 0.693. The van der Waals surface area contributed by atoms with Crippen molar-refractivity contribution in [1.82, 2.24) is 9.88 Å². The Hall–Kier alpha value is -2.11. The Kier molecular flexibility index (Phi) is 5.06. The number of nitrogens with one attached hydrogen (secondary N) is 1. The first kappa shape index (κ1) is 18.3. The van der Waals surface area contributed by atoms with Gasteiger partial charge < -0.3 is 14.6 Å². The predicted octanol–water partition coefficient (Wildman–Crippen LogP) is 5.12. The molecule has 0 radical (unpaired) electrons. The van der Waals surface area contributed by atoms with Crippen LogP contribution in [-0.4, -0.2) is 22.8 Å². The molecule has 2 heterocycles. The van der Waals surface area contributed by atoms with Crippen molar-refractivity contribution in [3.63, 3.8) is 0 Å². The Morgan fingerprint density at radius 3 is 2.78 bits per heavy atom. The molecule has 0 spiro atoms. The molecule has 4 rings (SSSR count). The van der Waals surface area contributed by atoms with Gasteiger partial charge in [-0.05, 0) is 48.6 Å². The maximum Gasteiger partial charge on any atom is 0.268 e. The van der Waals surface area contributed by atoms with Crippen LogP contribution in [0, 0.1) is 0 Å². The minimum absolute atomic E-state index is 0.0555. The van der Waals surface area contributed by atoms with Crippen LogP contribution in [0.3, 0.4) is 0 Å². The summed E-state index contributed by atoms with van der Waals surface area (Å²) >= 11 is 8.07. The number of carbonyl (C=O) groups excluding carboxylic acids is 1. The molecule has 6 heteroatoms. The van der Waals surface area contributed by atoms with Crippen LogP contribution in [0.25, 0.3) is 10.9 Å². The highest BCUT2D eigenvalue weighted by molar-refractivity contribution is 7.98. The minimum Gasteiger partial charge on any atom is -0.486 e. The second-order valence-electron chi connectivity index (χ2n) is 6.63. The van der Waals surface area contributed by atoms with Crippen LogP contribution in [0.4, 0.5) is 0 Å². The van der Waals surface area contributed by atoms with Crippen LogP contribution in [0.1, 0.15) is 29.4 Å². The summed E-state index contributed by atoms with van der Waals surface area (Å²) in [6.07, 6.45) is 2.98. The van der Waals surface area contributed by atoms with E-state index in [0.29, 0.717) is 23.8 Å². The Bertz CT molecular complexity index is 998. The van der Waals surface area contributed by atoms with E-state index < -0.39 is 0 Å². The summed E-state index contributed by atoms with van der Waals surface area (Å²) in [5.41, 5.74) is 2.60. The summed E-state index contributed by atoms with van der Waals surface area (Å²) < 4.78 is 8.08. The molecule has 0 aliphatic carbocycles. The quantitative estimate of drug-likeness (QED) is 0.604. The molecule has 3 aromatic rings. The van der Waals surface area contributed by atoms with Crippen molar-refractivity contribution >= 4 is 40.2 Å². The molecule has 1 aliphatic rings. The van der Waals surface area contributed by atoms with E-state index in [1.807, 2.05) is 41.2 Å². The Morgan fingerprint density at radius 2 is 2.07 bits per heavy atom. The molecule has 1 amide bonds. The monoisotopic (exact) mass is 400 g/mol. The lowest BCUT2D eigenvalue weighted by atomic mass is 10.2. The molecule has 1 aliphatic heterocycles. The molecule has 1 N–H and O–H groups in total. The zero-order chi connectivity index (χ0) is 19.0. The van der Waals surface area contributed by atoms with Crippen molar-refractivity contribution in [1.29, 1.82) is 0 Å². The average Bonchev–Trinajstić information content (AvgIpc) is 3.10. The minimum atomic E-state index is -0.0982. The fourth-order valence-corrected chi connectivity index (χ4v) is 4.05. The third-order valence-corrected chi connectivity index (χ3v) is 6.02. The van der Waals surface area contributed by atoms with E-state index in [4.69, 9.17) is 16.3 Å². The van der Waals surface area contributed by atoms with Gasteiger partial charge in [-0.3, -0.25) is 4.79 Å². The molecule has 4 nitrogen and oxygen atoms in total. The largest absolute Gasteiger partial charge is 0.486 e. The van der Waals surface area contributed by atoms with Crippen molar-refractivity contribution in [2.45, 2.75) is 37.4 Å². The summed E-state index contributed by atoms with van der Waals surface area (Å²) in [6.45, 7) is 3.23. The van der Waals surface area contributed by atoms with Gasteiger partial charge in [0.25, 0.3) is 5.91 Å². The van der Waals surface area contributed by atoms with E-state index >= 15 is 0 Å². The molecule has 2 aromatic carbocycles. The number of amides is 1. The van der Waals surface area contributed by atoms with Crippen LogP contribution in [-0.2, 0) is 13.1 Å². The highest BCUT2D eigenvalue weighted by Gasteiger charge is 2.26. The maximum atomic E-state index is 12.9. The van der Waals surface area contributed by atoms with E-state index in [1.54, 1.807) is 11.8 Å². The Balaban J connectivity index is 1.62. The zero-order valence-corrected chi connectivity index (χ0v) is 16.9. The van der Waals surface area contributed by atoms with Gasteiger partial charge in [0.1, 0.15) is 17.5 Å². The van der Waals surface area contributed by atoms with Gasteiger partial charge in [0.05, 0.1) is 17.1 Å². The van der Waals surface area contributed by atoms with Gasteiger partial charge in [0.2, 0.25) is 0 Å².